The van der Waals surface area contributed by atoms with Crippen LogP contribution >= 0.6 is 28.3 Å². The van der Waals surface area contributed by atoms with Crippen LogP contribution in [0.2, 0.25) is 0 Å². The summed E-state index contributed by atoms with van der Waals surface area (Å²) >= 11 is 10.6. The Bertz CT molecular complexity index is 126. The van der Waals surface area contributed by atoms with Crippen molar-refractivity contribution in [2.24, 2.45) is 5.92 Å². The van der Waals surface area contributed by atoms with E-state index in [0.29, 0.717) is 12.1 Å². The van der Waals surface area contributed by atoms with Crippen LogP contribution in [0.3, 0.4) is 0 Å². The number of halogens is 2. The second-order valence-electron chi connectivity index (χ2n) is 2.20. The van der Waals surface area contributed by atoms with E-state index in [9.17, 15) is 4.57 Å². The zero-order valence-corrected chi connectivity index (χ0v) is 6.72. The first-order valence-electron chi connectivity index (χ1n) is 2.56. The SMILES string of the molecule is O=P(Cl)(Cl)CC1CC1. The van der Waals surface area contributed by atoms with Gasteiger partial charge in [0.2, 0.25) is 0 Å². The summed E-state index contributed by atoms with van der Waals surface area (Å²) in [6.45, 7) is 0. The lowest BCUT2D eigenvalue weighted by atomic mass is 10.5. The van der Waals surface area contributed by atoms with E-state index >= 15 is 0 Å². The van der Waals surface area contributed by atoms with Crippen LogP contribution in [0.15, 0.2) is 0 Å². The molecule has 0 heterocycles. The molecule has 8 heavy (non-hydrogen) atoms. The van der Waals surface area contributed by atoms with Crippen molar-refractivity contribution in [2.75, 3.05) is 6.16 Å². The summed E-state index contributed by atoms with van der Waals surface area (Å²) in [5, 5.41) is 0. The van der Waals surface area contributed by atoms with Gasteiger partial charge >= 0.3 is 0 Å². The second kappa shape index (κ2) is 2.21. The zero-order chi connectivity index (χ0) is 6.20. The molecule has 0 aromatic carbocycles. The van der Waals surface area contributed by atoms with Crippen LogP contribution in [-0.4, -0.2) is 6.16 Å². The Hall–Kier alpha value is 0.810. The highest BCUT2D eigenvalue weighted by molar-refractivity contribution is 8.08. The first-order chi connectivity index (χ1) is 3.58. The minimum atomic E-state index is -2.71. The van der Waals surface area contributed by atoms with Gasteiger partial charge in [-0.1, -0.05) is 0 Å². The number of rotatable bonds is 2. The van der Waals surface area contributed by atoms with Crippen molar-refractivity contribution in [2.45, 2.75) is 12.8 Å². The van der Waals surface area contributed by atoms with Crippen molar-refractivity contribution < 1.29 is 4.57 Å². The molecule has 48 valence electrons. The molecule has 1 aliphatic rings. The molecule has 0 N–H and O–H groups in total. The van der Waals surface area contributed by atoms with E-state index in [-0.39, 0.29) is 0 Å². The summed E-state index contributed by atoms with van der Waals surface area (Å²) in [7, 11) is 0. The monoisotopic (exact) mass is 172 g/mol. The molecule has 0 bridgehead atoms. The fourth-order valence-electron chi connectivity index (χ4n) is 0.601. The lowest BCUT2D eigenvalue weighted by molar-refractivity contribution is 0.590. The topological polar surface area (TPSA) is 17.1 Å². The molecule has 1 saturated carbocycles. The third-order valence-electron chi connectivity index (χ3n) is 1.17. The summed E-state index contributed by atoms with van der Waals surface area (Å²) in [5.41, 5.74) is 0. The van der Waals surface area contributed by atoms with Crippen LogP contribution in [0.4, 0.5) is 0 Å². The van der Waals surface area contributed by atoms with Gasteiger partial charge in [0, 0.05) is 6.16 Å². The average Bonchev–Trinajstić information content (AvgIpc) is 2.12. The molecule has 1 rings (SSSR count). The van der Waals surface area contributed by atoms with E-state index in [4.69, 9.17) is 22.5 Å². The van der Waals surface area contributed by atoms with Crippen LogP contribution in [0, 0.1) is 5.92 Å². The smallest absolute Gasteiger partial charge is 0.253 e. The van der Waals surface area contributed by atoms with Gasteiger partial charge in [0.1, 0.15) is 0 Å². The van der Waals surface area contributed by atoms with E-state index in [2.05, 4.69) is 0 Å². The zero-order valence-electron chi connectivity index (χ0n) is 4.31. The predicted octanol–water partition coefficient (Wildman–Crippen LogP) is 3.07. The molecule has 0 saturated heterocycles. The predicted molar refractivity (Wildman–Crippen MR) is 36.9 cm³/mol. The molecule has 0 aromatic rings. The third-order valence-corrected chi connectivity index (χ3v) is 2.94. The van der Waals surface area contributed by atoms with E-state index in [1.165, 1.54) is 0 Å². The first-order valence-corrected chi connectivity index (χ1v) is 6.26. The van der Waals surface area contributed by atoms with Gasteiger partial charge in [0.25, 0.3) is 5.85 Å². The van der Waals surface area contributed by atoms with Gasteiger partial charge in [0.05, 0.1) is 0 Å². The largest absolute Gasteiger partial charge is 0.289 e. The van der Waals surface area contributed by atoms with Crippen LogP contribution in [0.25, 0.3) is 0 Å². The van der Waals surface area contributed by atoms with Gasteiger partial charge in [-0.3, -0.25) is 4.57 Å². The molecule has 1 aliphatic carbocycles. The molecule has 0 atom stereocenters. The van der Waals surface area contributed by atoms with Crippen LogP contribution in [0.1, 0.15) is 12.8 Å². The number of hydrogen-bond donors (Lipinski definition) is 0. The second-order valence-corrected chi connectivity index (χ2v) is 7.50. The maximum atomic E-state index is 10.6. The molecule has 0 amide bonds. The van der Waals surface area contributed by atoms with E-state index < -0.39 is 5.85 Å². The summed E-state index contributed by atoms with van der Waals surface area (Å²) in [6, 6.07) is 0. The maximum Gasteiger partial charge on any atom is 0.253 e. The van der Waals surface area contributed by atoms with Gasteiger partial charge in [-0.2, -0.15) is 0 Å². The molecular formula is C4H7Cl2OP. The molecule has 0 aliphatic heterocycles. The highest BCUT2D eigenvalue weighted by atomic mass is 35.9. The quantitative estimate of drug-likeness (QED) is 0.586. The van der Waals surface area contributed by atoms with Gasteiger partial charge < -0.3 is 0 Å². The molecule has 1 fully saturated rings. The lowest BCUT2D eigenvalue weighted by Gasteiger charge is -1.95. The van der Waals surface area contributed by atoms with Crippen molar-refractivity contribution in [1.29, 1.82) is 0 Å². The Balaban J connectivity index is 2.26. The standard InChI is InChI=1S/C4H7Cl2OP/c5-8(6,7)3-4-1-2-4/h4H,1-3H2. The maximum absolute atomic E-state index is 10.6. The van der Waals surface area contributed by atoms with Crippen molar-refractivity contribution in [3.05, 3.63) is 0 Å². The summed E-state index contributed by atoms with van der Waals surface area (Å²) in [5.74, 6) is -2.15. The van der Waals surface area contributed by atoms with Gasteiger partial charge in [-0.05, 0) is 41.2 Å². The summed E-state index contributed by atoms with van der Waals surface area (Å²) in [6.07, 6.45) is 2.84. The van der Waals surface area contributed by atoms with Gasteiger partial charge in [-0.15, -0.1) is 0 Å². The first kappa shape index (κ1) is 6.92. The van der Waals surface area contributed by atoms with E-state index in [1.54, 1.807) is 0 Å². The van der Waals surface area contributed by atoms with E-state index in [1.807, 2.05) is 0 Å². The van der Waals surface area contributed by atoms with Crippen molar-refractivity contribution in [3.63, 3.8) is 0 Å². The van der Waals surface area contributed by atoms with Crippen molar-refractivity contribution in [3.8, 4) is 0 Å². The van der Waals surface area contributed by atoms with Crippen molar-refractivity contribution >= 4 is 28.3 Å². The minimum absolute atomic E-state index is 0.524. The minimum Gasteiger partial charge on any atom is -0.289 e. The summed E-state index contributed by atoms with van der Waals surface area (Å²) < 4.78 is 10.6. The fraction of sp³-hybridized carbons (Fsp3) is 1.00. The Morgan fingerprint density at radius 3 is 2.12 bits per heavy atom. The number of hydrogen-bond acceptors (Lipinski definition) is 1. The van der Waals surface area contributed by atoms with Crippen LogP contribution < -0.4 is 0 Å². The van der Waals surface area contributed by atoms with Crippen LogP contribution in [0.5, 0.6) is 0 Å². The molecule has 0 aromatic heterocycles. The Labute approximate surface area is 58.3 Å². The molecule has 0 radical (unpaired) electrons. The molecular weight excluding hydrogens is 166 g/mol. The Morgan fingerprint density at radius 2 is 2.00 bits per heavy atom. The average molecular weight is 173 g/mol. The van der Waals surface area contributed by atoms with Crippen LogP contribution in [-0.2, 0) is 4.57 Å². The lowest BCUT2D eigenvalue weighted by Crippen LogP contribution is -1.77. The van der Waals surface area contributed by atoms with Crippen molar-refractivity contribution in [1.82, 2.24) is 0 Å². The third kappa shape index (κ3) is 2.96. The molecule has 1 nitrogen and oxygen atoms in total. The summed E-state index contributed by atoms with van der Waals surface area (Å²) in [4.78, 5) is 0. The van der Waals surface area contributed by atoms with E-state index in [0.717, 1.165) is 12.8 Å². The molecule has 0 unspecified atom stereocenters. The normalized spacial score (nSPS) is 21.2. The molecule has 0 spiro atoms. The fourth-order valence-corrected chi connectivity index (χ4v) is 2.74. The Morgan fingerprint density at radius 1 is 1.50 bits per heavy atom. The highest BCUT2D eigenvalue weighted by Gasteiger charge is 2.29. The Kier molecular flexibility index (Phi) is 1.91. The highest BCUT2D eigenvalue weighted by Crippen LogP contribution is 2.60. The molecule has 4 heteroatoms. The van der Waals surface area contributed by atoms with Gasteiger partial charge in [-0.25, -0.2) is 0 Å². The van der Waals surface area contributed by atoms with Gasteiger partial charge in [0.15, 0.2) is 0 Å².